The van der Waals surface area contributed by atoms with Crippen molar-refractivity contribution in [2.45, 2.75) is 18.9 Å². The molecule has 1 fully saturated rings. The topological polar surface area (TPSA) is 114 Å². The molecule has 1 amide bonds. The number of pyridine rings is 1. The lowest BCUT2D eigenvalue weighted by Crippen LogP contribution is -2.41. The first-order valence-corrected chi connectivity index (χ1v) is 8.25. The maximum Gasteiger partial charge on any atom is 0.271 e. The van der Waals surface area contributed by atoms with Crippen LogP contribution in [0.5, 0.6) is 0 Å². The zero-order valence-electron chi connectivity index (χ0n) is 10.6. The van der Waals surface area contributed by atoms with E-state index in [4.69, 9.17) is 17.4 Å². The highest BCUT2D eigenvalue weighted by atomic mass is 35.5. The molecule has 0 aromatic carbocycles. The summed E-state index contributed by atoms with van der Waals surface area (Å²) >= 11 is 5.92. The minimum atomic E-state index is -2.95. The molecular formula is C11H15ClN4O3S. The fourth-order valence-electron chi connectivity index (χ4n) is 1.97. The first-order chi connectivity index (χ1) is 9.41. The second-order valence-corrected chi connectivity index (χ2v) is 7.28. The van der Waals surface area contributed by atoms with Crippen molar-refractivity contribution in [3.63, 3.8) is 0 Å². The zero-order chi connectivity index (χ0) is 14.8. The Bertz CT molecular complexity index is 606. The molecule has 0 aliphatic carbocycles. The highest BCUT2D eigenvalue weighted by Crippen LogP contribution is 2.18. The van der Waals surface area contributed by atoms with E-state index in [9.17, 15) is 13.2 Å². The number of carbonyl (C=O) groups excluding carboxylic acids is 1. The molecule has 0 bridgehead atoms. The van der Waals surface area contributed by atoms with Crippen molar-refractivity contribution in [3.05, 3.63) is 22.8 Å². The summed E-state index contributed by atoms with van der Waals surface area (Å²) in [5.41, 5.74) is 2.40. The van der Waals surface area contributed by atoms with E-state index in [-0.39, 0.29) is 28.3 Å². The van der Waals surface area contributed by atoms with Crippen molar-refractivity contribution in [1.29, 1.82) is 0 Å². The summed E-state index contributed by atoms with van der Waals surface area (Å²) < 4.78 is 22.6. The number of nitrogens with zero attached hydrogens (tertiary/aromatic N) is 1. The highest BCUT2D eigenvalue weighted by Gasteiger charge is 2.25. The van der Waals surface area contributed by atoms with Gasteiger partial charge < -0.3 is 10.7 Å². The Balaban J connectivity index is 2.05. The average Bonchev–Trinajstić information content (AvgIpc) is 2.41. The fraction of sp³-hybridized carbons (Fsp3) is 0.455. The smallest absolute Gasteiger partial charge is 0.271 e. The SMILES string of the molecule is NNc1ccc(Cl)c(C(=O)NC2CCS(=O)(=O)CC2)n1. The van der Waals surface area contributed by atoms with Gasteiger partial charge in [-0.3, -0.25) is 4.79 Å². The van der Waals surface area contributed by atoms with E-state index in [1.165, 1.54) is 6.07 Å². The number of halogens is 1. The van der Waals surface area contributed by atoms with Crippen LogP contribution in [0.15, 0.2) is 12.1 Å². The van der Waals surface area contributed by atoms with Gasteiger partial charge in [-0.1, -0.05) is 11.6 Å². The molecule has 1 aromatic rings. The van der Waals surface area contributed by atoms with Gasteiger partial charge in [-0.15, -0.1) is 0 Å². The van der Waals surface area contributed by atoms with Crippen LogP contribution in [0.4, 0.5) is 5.82 Å². The fourth-order valence-corrected chi connectivity index (χ4v) is 3.65. The van der Waals surface area contributed by atoms with E-state index in [1.54, 1.807) is 6.07 Å². The van der Waals surface area contributed by atoms with Gasteiger partial charge in [0.15, 0.2) is 0 Å². The number of rotatable bonds is 3. The maximum atomic E-state index is 12.1. The average molecular weight is 319 g/mol. The van der Waals surface area contributed by atoms with E-state index in [0.717, 1.165) is 0 Å². The van der Waals surface area contributed by atoms with E-state index in [1.807, 2.05) is 0 Å². The lowest BCUT2D eigenvalue weighted by Gasteiger charge is -2.23. The number of carbonyl (C=O) groups is 1. The number of aromatic nitrogens is 1. The maximum absolute atomic E-state index is 12.1. The van der Waals surface area contributed by atoms with Crippen molar-refractivity contribution in [1.82, 2.24) is 10.3 Å². The van der Waals surface area contributed by atoms with E-state index < -0.39 is 15.7 Å². The summed E-state index contributed by atoms with van der Waals surface area (Å²) in [5, 5.41) is 2.96. The third-order valence-electron chi connectivity index (χ3n) is 3.10. The van der Waals surface area contributed by atoms with Crippen LogP contribution in [-0.4, -0.2) is 36.9 Å². The molecule has 0 radical (unpaired) electrons. The van der Waals surface area contributed by atoms with Gasteiger partial charge >= 0.3 is 0 Å². The second kappa shape index (κ2) is 5.94. The highest BCUT2D eigenvalue weighted by molar-refractivity contribution is 7.91. The lowest BCUT2D eigenvalue weighted by molar-refractivity contribution is 0.0929. The van der Waals surface area contributed by atoms with Crippen LogP contribution in [0.2, 0.25) is 5.02 Å². The van der Waals surface area contributed by atoms with Crippen LogP contribution in [0.1, 0.15) is 23.3 Å². The van der Waals surface area contributed by atoms with Crippen LogP contribution < -0.4 is 16.6 Å². The number of sulfone groups is 1. The summed E-state index contributed by atoms with van der Waals surface area (Å²) in [6.45, 7) is 0. The predicted octanol–water partition coefficient (Wildman–Crippen LogP) is 0.328. The molecule has 1 aliphatic rings. The third kappa shape index (κ3) is 3.59. The van der Waals surface area contributed by atoms with Crippen LogP contribution >= 0.6 is 11.6 Å². The number of nitrogens with two attached hydrogens (primary N) is 1. The van der Waals surface area contributed by atoms with Crippen LogP contribution in [0, 0.1) is 0 Å². The lowest BCUT2D eigenvalue weighted by atomic mass is 10.1. The summed E-state index contributed by atoms with van der Waals surface area (Å²) in [6, 6.07) is 2.88. The van der Waals surface area contributed by atoms with E-state index in [2.05, 4.69) is 15.7 Å². The Morgan fingerprint density at radius 3 is 2.60 bits per heavy atom. The van der Waals surface area contributed by atoms with Crippen LogP contribution in [0.3, 0.4) is 0 Å². The zero-order valence-corrected chi connectivity index (χ0v) is 12.2. The second-order valence-electron chi connectivity index (χ2n) is 4.57. The van der Waals surface area contributed by atoms with Crippen LogP contribution in [0.25, 0.3) is 0 Å². The Kier molecular flexibility index (Phi) is 4.46. The Hall–Kier alpha value is -1.38. The summed E-state index contributed by atoms with van der Waals surface area (Å²) in [5.74, 6) is 5.29. The molecular weight excluding hydrogens is 304 g/mol. The largest absolute Gasteiger partial charge is 0.348 e. The first kappa shape index (κ1) is 15.0. The van der Waals surface area contributed by atoms with Crippen molar-refractivity contribution >= 4 is 33.2 Å². The minimum Gasteiger partial charge on any atom is -0.348 e. The molecule has 0 saturated carbocycles. The van der Waals surface area contributed by atoms with Crippen LogP contribution in [-0.2, 0) is 9.84 Å². The van der Waals surface area contributed by atoms with E-state index >= 15 is 0 Å². The number of amides is 1. The van der Waals surface area contributed by atoms with Gasteiger partial charge in [-0.25, -0.2) is 19.2 Å². The number of hydrogen-bond donors (Lipinski definition) is 3. The molecule has 1 saturated heterocycles. The molecule has 2 rings (SSSR count). The van der Waals surface area contributed by atoms with E-state index in [0.29, 0.717) is 18.7 Å². The first-order valence-electron chi connectivity index (χ1n) is 6.06. The Morgan fingerprint density at radius 1 is 1.35 bits per heavy atom. The predicted molar refractivity (Wildman–Crippen MR) is 76.2 cm³/mol. The number of hydrazine groups is 1. The van der Waals surface area contributed by atoms with Crippen molar-refractivity contribution in [2.24, 2.45) is 5.84 Å². The standard InChI is InChI=1S/C11H15ClN4O3S/c12-8-1-2-9(16-13)15-10(8)11(17)14-7-3-5-20(18,19)6-4-7/h1-2,7H,3-6,13H2,(H,14,17)(H,15,16). The van der Waals surface area contributed by atoms with Gasteiger partial charge in [0.05, 0.1) is 16.5 Å². The van der Waals surface area contributed by atoms with Gasteiger partial charge in [-0.2, -0.15) is 0 Å². The molecule has 110 valence electrons. The third-order valence-corrected chi connectivity index (χ3v) is 5.12. The molecule has 20 heavy (non-hydrogen) atoms. The summed E-state index contributed by atoms with van der Waals surface area (Å²) in [7, 11) is -2.95. The monoisotopic (exact) mass is 318 g/mol. The molecule has 0 spiro atoms. The van der Waals surface area contributed by atoms with Gasteiger partial charge in [0.25, 0.3) is 5.91 Å². The summed E-state index contributed by atoms with van der Waals surface area (Å²) in [4.78, 5) is 16.1. The summed E-state index contributed by atoms with van der Waals surface area (Å²) in [6.07, 6.45) is 0.807. The van der Waals surface area contributed by atoms with Gasteiger partial charge in [-0.05, 0) is 25.0 Å². The Morgan fingerprint density at radius 2 is 2.00 bits per heavy atom. The van der Waals surface area contributed by atoms with Gasteiger partial charge in [0.1, 0.15) is 21.3 Å². The quantitative estimate of drug-likeness (QED) is 0.546. The molecule has 2 heterocycles. The molecule has 4 N–H and O–H groups in total. The van der Waals surface area contributed by atoms with Gasteiger partial charge in [0.2, 0.25) is 0 Å². The molecule has 0 unspecified atom stereocenters. The minimum absolute atomic E-state index is 0.0653. The molecule has 0 atom stereocenters. The van der Waals surface area contributed by atoms with Crippen molar-refractivity contribution in [2.75, 3.05) is 16.9 Å². The van der Waals surface area contributed by atoms with Crippen molar-refractivity contribution < 1.29 is 13.2 Å². The molecule has 1 aliphatic heterocycles. The van der Waals surface area contributed by atoms with Gasteiger partial charge in [0, 0.05) is 6.04 Å². The molecule has 7 nitrogen and oxygen atoms in total. The molecule has 9 heteroatoms. The number of nitrogen functional groups attached to an aromatic ring is 1. The number of nitrogens with one attached hydrogen (secondary N) is 2. The number of hydrogen-bond acceptors (Lipinski definition) is 6. The normalized spacial score (nSPS) is 18.5. The van der Waals surface area contributed by atoms with Crippen molar-refractivity contribution in [3.8, 4) is 0 Å². The number of anilines is 1. The Labute approximate surface area is 121 Å². The molecule has 1 aromatic heterocycles.